The van der Waals surface area contributed by atoms with Gasteiger partial charge in [-0.3, -0.25) is 10.7 Å². The zero-order valence-corrected chi connectivity index (χ0v) is 16.9. The van der Waals surface area contributed by atoms with Crippen molar-refractivity contribution in [3.63, 3.8) is 0 Å². The highest BCUT2D eigenvalue weighted by molar-refractivity contribution is 7.91. The van der Waals surface area contributed by atoms with E-state index in [0.717, 1.165) is 5.01 Å². The van der Waals surface area contributed by atoms with Crippen LogP contribution in [-0.2, 0) is 21.6 Å². The van der Waals surface area contributed by atoms with Gasteiger partial charge in [-0.25, -0.2) is 9.88 Å². The predicted molar refractivity (Wildman–Crippen MR) is 107 cm³/mol. The maximum Gasteiger partial charge on any atom is 0.161 e. The van der Waals surface area contributed by atoms with Crippen molar-refractivity contribution >= 4 is 28.2 Å². The van der Waals surface area contributed by atoms with E-state index >= 15 is 0 Å². The summed E-state index contributed by atoms with van der Waals surface area (Å²) in [5, 5.41) is 16.1. The second-order valence-electron chi connectivity index (χ2n) is 6.71. The summed E-state index contributed by atoms with van der Waals surface area (Å²) in [5.74, 6) is 0.969. The van der Waals surface area contributed by atoms with Crippen LogP contribution in [0.4, 0.5) is 0 Å². The van der Waals surface area contributed by atoms with Crippen molar-refractivity contribution in [3.8, 4) is 6.07 Å². The molecule has 28 heavy (non-hydrogen) atoms. The van der Waals surface area contributed by atoms with Crippen LogP contribution in [0.1, 0.15) is 17.1 Å². The molecule has 2 aliphatic heterocycles. The third-order valence-electron chi connectivity index (χ3n) is 5.14. The smallest absolute Gasteiger partial charge is 0.161 e. The normalized spacial score (nSPS) is 30.9. The standard InChI is InChI=1S/C18H20N6O2S2/c1-26-17(20)11-18(16-22-6-8-27-16,24-7-9-28(25)12-24)23-15(13(17)10-19)14-4-2-3-5-21-14/h2-6,8,23H,7,9,11-12,20H2,1H3. The van der Waals surface area contributed by atoms with E-state index in [2.05, 4.69) is 26.3 Å². The summed E-state index contributed by atoms with van der Waals surface area (Å²) in [7, 11) is 1.49. The van der Waals surface area contributed by atoms with E-state index in [-0.39, 0.29) is 12.0 Å². The summed E-state index contributed by atoms with van der Waals surface area (Å²) in [6.07, 6.45) is 3.64. The van der Waals surface area contributed by atoms with E-state index in [9.17, 15) is 9.81 Å². The summed E-state index contributed by atoms with van der Waals surface area (Å²) < 4.78 is 17.9. The molecule has 1 fully saturated rings. The van der Waals surface area contributed by atoms with Gasteiger partial charge in [-0.1, -0.05) is 6.07 Å². The maximum absolute atomic E-state index is 12.2. The lowest BCUT2D eigenvalue weighted by Gasteiger charge is -2.49. The van der Waals surface area contributed by atoms with Gasteiger partial charge in [0.25, 0.3) is 0 Å². The molecule has 2 aromatic rings. The molecule has 0 amide bonds. The zero-order valence-electron chi connectivity index (χ0n) is 15.3. The molecule has 8 nitrogen and oxygen atoms in total. The highest BCUT2D eigenvalue weighted by Gasteiger charge is 2.55. The minimum atomic E-state index is -1.34. The van der Waals surface area contributed by atoms with Crippen LogP contribution in [0.25, 0.3) is 5.70 Å². The van der Waals surface area contributed by atoms with E-state index < -0.39 is 22.6 Å². The first-order valence-electron chi connectivity index (χ1n) is 8.71. The highest BCUT2D eigenvalue weighted by atomic mass is 32.2. The summed E-state index contributed by atoms with van der Waals surface area (Å²) in [6, 6.07) is 7.68. The maximum atomic E-state index is 12.2. The van der Waals surface area contributed by atoms with Crippen LogP contribution in [0, 0.1) is 11.3 Å². The van der Waals surface area contributed by atoms with Crippen molar-refractivity contribution in [2.75, 3.05) is 25.3 Å². The fourth-order valence-corrected chi connectivity index (χ4v) is 5.79. The van der Waals surface area contributed by atoms with Crippen LogP contribution in [-0.4, -0.2) is 50.4 Å². The molecule has 3 unspecified atom stereocenters. The topological polar surface area (TPSA) is 123 Å². The summed E-state index contributed by atoms with van der Waals surface area (Å²) >= 11 is 0.532. The van der Waals surface area contributed by atoms with Crippen LogP contribution in [0.15, 0.2) is 41.5 Å². The number of nitrogens with two attached hydrogens (primary N) is 1. The molecule has 4 rings (SSSR count). The molecule has 2 aromatic heterocycles. The van der Waals surface area contributed by atoms with E-state index in [1.807, 2.05) is 23.6 Å². The van der Waals surface area contributed by atoms with Gasteiger partial charge in [0.05, 0.1) is 17.9 Å². The van der Waals surface area contributed by atoms with Gasteiger partial charge in [0, 0.05) is 31.3 Å². The number of hydrogen-bond acceptors (Lipinski definition) is 9. The third kappa shape index (κ3) is 3.10. The molecule has 2 aliphatic rings. The molecule has 146 valence electrons. The first-order valence-corrected chi connectivity index (χ1v) is 11.1. The van der Waals surface area contributed by atoms with Gasteiger partial charge in [-0.05, 0) is 23.3 Å². The Morgan fingerprint density at radius 3 is 2.86 bits per heavy atom. The number of nitrogens with zero attached hydrogens (tertiary/aromatic N) is 4. The van der Waals surface area contributed by atoms with Crippen molar-refractivity contribution in [1.82, 2.24) is 20.2 Å². The first kappa shape index (κ1) is 19.3. The Hall–Kier alpha value is -2.00. The average Bonchev–Trinajstić information content (AvgIpc) is 3.40. The van der Waals surface area contributed by atoms with Crippen molar-refractivity contribution in [2.24, 2.45) is 5.73 Å². The minimum absolute atomic E-state index is 0.250. The van der Waals surface area contributed by atoms with Crippen LogP contribution < -0.4 is 11.1 Å². The fourth-order valence-electron chi connectivity index (χ4n) is 3.72. The van der Waals surface area contributed by atoms with Crippen molar-refractivity contribution in [1.29, 1.82) is 5.26 Å². The van der Waals surface area contributed by atoms with Gasteiger partial charge >= 0.3 is 0 Å². The molecule has 4 heterocycles. The van der Waals surface area contributed by atoms with E-state index in [1.165, 1.54) is 18.4 Å². The average molecular weight is 417 g/mol. The van der Waals surface area contributed by atoms with Gasteiger partial charge < -0.3 is 14.6 Å². The molecule has 0 bridgehead atoms. The van der Waals surface area contributed by atoms with Crippen molar-refractivity contribution in [2.45, 2.75) is 17.8 Å². The van der Waals surface area contributed by atoms with E-state index in [4.69, 9.17) is 10.5 Å². The lowest BCUT2D eigenvalue weighted by molar-refractivity contribution is -0.0469. The number of thiazole rings is 1. The Labute approximate surface area is 170 Å². The van der Waals surface area contributed by atoms with E-state index in [0.29, 0.717) is 29.6 Å². The number of nitriles is 1. The molecule has 0 aliphatic carbocycles. The number of rotatable bonds is 4. The van der Waals surface area contributed by atoms with Gasteiger partial charge in [0.15, 0.2) is 17.3 Å². The highest BCUT2D eigenvalue weighted by Crippen LogP contribution is 2.45. The van der Waals surface area contributed by atoms with Crippen molar-refractivity contribution < 1.29 is 9.29 Å². The Kier molecular flexibility index (Phi) is 5.13. The molecule has 1 saturated heterocycles. The lowest BCUT2D eigenvalue weighted by atomic mass is 9.84. The van der Waals surface area contributed by atoms with Crippen LogP contribution in [0.2, 0.25) is 0 Å². The minimum Gasteiger partial charge on any atom is -0.615 e. The molecule has 10 heteroatoms. The number of ether oxygens (including phenoxy) is 1. The lowest BCUT2D eigenvalue weighted by Crippen LogP contribution is -2.65. The van der Waals surface area contributed by atoms with E-state index in [1.54, 1.807) is 12.4 Å². The summed E-state index contributed by atoms with van der Waals surface area (Å²) in [5.41, 5.74) is 5.81. The Balaban J connectivity index is 1.92. The third-order valence-corrected chi connectivity index (χ3v) is 7.30. The Morgan fingerprint density at radius 2 is 2.29 bits per heavy atom. The van der Waals surface area contributed by atoms with Crippen LogP contribution in [0.5, 0.6) is 0 Å². The molecular formula is C18H20N6O2S2. The fraction of sp³-hybridized carbons (Fsp3) is 0.389. The van der Waals surface area contributed by atoms with Crippen molar-refractivity contribution in [3.05, 3.63) is 52.2 Å². The monoisotopic (exact) mass is 416 g/mol. The molecule has 0 radical (unpaired) electrons. The molecular weight excluding hydrogens is 396 g/mol. The quantitative estimate of drug-likeness (QED) is 0.558. The number of hydrogen-bond donors (Lipinski definition) is 2. The van der Waals surface area contributed by atoms with Crippen LogP contribution >= 0.6 is 11.3 Å². The summed E-state index contributed by atoms with van der Waals surface area (Å²) in [4.78, 5) is 11.0. The second-order valence-corrected chi connectivity index (χ2v) is 9.15. The molecule has 0 spiro atoms. The summed E-state index contributed by atoms with van der Waals surface area (Å²) in [6.45, 7) is 0.621. The van der Waals surface area contributed by atoms with Gasteiger partial charge in [0.2, 0.25) is 0 Å². The predicted octanol–water partition coefficient (Wildman–Crippen LogP) is 0.942. The Bertz CT molecular complexity index is 916. The zero-order chi connectivity index (χ0) is 19.8. The largest absolute Gasteiger partial charge is 0.615 e. The Morgan fingerprint density at radius 1 is 1.43 bits per heavy atom. The molecule has 0 saturated carbocycles. The molecule has 3 atom stereocenters. The van der Waals surface area contributed by atoms with Gasteiger partial charge in [-0.15, -0.1) is 11.3 Å². The number of aromatic nitrogens is 2. The number of methoxy groups -OCH3 is 1. The molecule has 0 aromatic carbocycles. The second kappa shape index (κ2) is 7.44. The molecule has 3 N–H and O–H groups in total. The SMILES string of the molecule is COC1(N)CC(c2nccs2)(N2CC[S+]([O-])C2)NC(c2ccccn2)=C1C#N. The number of pyridine rings is 1. The first-order chi connectivity index (χ1) is 13.5. The van der Waals surface area contributed by atoms with Crippen LogP contribution in [0.3, 0.4) is 0 Å². The van der Waals surface area contributed by atoms with Gasteiger partial charge in [0.1, 0.15) is 22.4 Å². The van der Waals surface area contributed by atoms with Gasteiger partial charge in [-0.2, -0.15) is 5.26 Å². The number of nitrogens with one attached hydrogen (secondary N) is 1.